The molecule has 0 bridgehead atoms. The van der Waals surface area contributed by atoms with Crippen LogP contribution in [-0.4, -0.2) is 50.9 Å². The number of amides is 2. The van der Waals surface area contributed by atoms with Gasteiger partial charge in [-0.25, -0.2) is 18.2 Å². The van der Waals surface area contributed by atoms with E-state index in [1.54, 1.807) is 19.1 Å². The van der Waals surface area contributed by atoms with E-state index in [9.17, 15) is 23.5 Å². The van der Waals surface area contributed by atoms with Crippen LogP contribution < -0.4 is 20.5 Å². The smallest absolute Gasteiger partial charge is 0.251 e. The Bertz CT molecular complexity index is 1900. The van der Waals surface area contributed by atoms with Gasteiger partial charge in [0.1, 0.15) is 34.1 Å². The van der Waals surface area contributed by atoms with Crippen LogP contribution in [0.5, 0.6) is 11.5 Å². The van der Waals surface area contributed by atoms with Crippen molar-refractivity contribution in [2.75, 3.05) is 13.2 Å². The van der Waals surface area contributed by atoms with Gasteiger partial charge >= 0.3 is 0 Å². The number of halogens is 3. The highest BCUT2D eigenvalue weighted by Gasteiger charge is 2.47. The number of ether oxygens (including phenoxy) is 2. The lowest BCUT2D eigenvalue weighted by Crippen LogP contribution is -2.43. The Hall–Kier alpha value is -4.65. The van der Waals surface area contributed by atoms with E-state index in [2.05, 4.69) is 10.3 Å². The van der Waals surface area contributed by atoms with E-state index in [0.29, 0.717) is 47.8 Å². The van der Waals surface area contributed by atoms with Gasteiger partial charge in [-0.2, -0.15) is 5.10 Å². The second kappa shape index (κ2) is 11.9. The fourth-order valence-corrected chi connectivity index (χ4v) is 5.88. The monoisotopic (exact) mass is 649 g/mol. The zero-order valence-corrected chi connectivity index (χ0v) is 25.7. The van der Waals surface area contributed by atoms with Crippen molar-refractivity contribution in [2.24, 2.45) is 11.7 Å². The molecule has 7 rings (SSSR count). The number of nitrogens with two attached hydrogens (primary N) is 1. The maximum Gasteiger partial charge on any atom is 0.251 e. The highest BCUT2D eigenvalue weighted by molar-refractivity contribution is 6.00. The predicted octanol–water partition coefficient (Wildman–Crippen LogP) is 4.85. The average molecular weight is 650 g/mol. The number of primary amides is 1. The van der Waals surface area contributed by atoms with Gasteiger partial charge in [-0.15, -0.1) is 0 Å². The number of carbonyl (C=O) groups excluding carboxylic acids is 2. The Balaban J connectivity index is 1.25. The van der Waals surface area contributed by atoms with Crippen LogP contribution in [0.4, 0.5) is 13.2 Å². The van der Waals surface area contributed by atoms with Crippen LogP contribution in [0.1, 0.15) is 73.1 Å². The van der Waals surface area contributed by atoms with Crippen molar-refractivity contribution in [3.05, 3.63) is 70.8 Å². The molecule has 2 heterocycles. The molecule has 3 fully saturated rings. The highest BCUT2D eigenvalue weighted by Crippen LogP contribution is 2.47. The molecule has 4 N–H and O–H groups in total. The van der Waals surface area contributed by atoms with Gasteiger partial charge in [-0.3, -0.25) is 14.3 Å². The van der Waals surface area contributed by atoms with Crippen LogP contribution in [0.2, 0.25) is 0 Å². The van der Waals surface area contributed by atoms with Gasteiger partial charge in [0.2, 0.25) is 5.91 Å². The first-order valence-electron chi connectivity index (χ1n) is 15.8. The third-order valence-corrected chi connectivity index (χ3v) is 8.78. The number of carbonyl (C=O) groups is 2. The lowest BCUT2D eigenvalue weighted by molar-refractivity contribution is -0.117. The minimum absolute atomic E-state index is 0.00180. The van der Waals surface area contributed by atoms with Crippen LogP contribution in [-0.2, 0) is 16.8 Å². The molecule has 3 saturated carbocycles. The van der Waals surface area contributed by atoms with Crippen molar-refractivity contribution in [1.29, 1.82) is 0 Å². The highest BCUT2D eigenvalue weighted by atomic mass is 19.2. The van der Waals surface area contributed by atoms with Gasteiger partial charge in [0.05, 0.1) is 37.4 Å². The van der Waals surface area contributed by atoms with Gasteiger partial charge < -0.3 is 25.6 Å². The van der Waals surface area contributed by atoms with Gasteiger partial charge in [-0.1, -0.05) is 0 Å². The van der Waals surface area contributed by atoms with Gasteiger partial charge in [-0.05, 0) is 75.6 Å². The summed E-state index contributed by atoms with van der Waals surface area (Å²) >= 11 is 0. The van der Waals surface area contributed by atoms with E-state index in [0.717, 1.165) is 31.1 Å². The third kappa shape index (κ3) is 6.23. The first-order chi connectivity index (χ1) is 22.5. The van der Waals surface area contributed by atoms with Crippen molar-refractivity contribution in [2.45, 2.75) is 69.6 Å². The maximum atomic E-state index is 15.1. The Labute approximate surface area is 268 Å². The van der Waals surface area contributed by atoms with E-state index in [1.165, 1.54) is 6.07 Å². The molecular formula is C34H34F3N5O5. The van der Waals surface area contributed by atoms with Crippen LogP contribution in [0.15, 0.2) is 36.5 Å². The Morgan fingerprint density at radius 2 is 1.79 bits per heavy atom. The fraction of sp³-hybridized carbons (Fsp3) is 0.412. The summed E-state index contributed by atoms with van der Waals surface area (Å²) in [6, 6.07) is 6.20. The van der Waals surface area contributed by atoms with Crippen molar-refractivity contribution in [1.82, 2.24) is 20.1 Å². The lowest BCUT2D eigenvalue weighted by Gasteiger charge is -2.30. The van der Waals surface area contributed by atoms with E-state index in [-0.39, 0.29) is 54.3 Å². The summed E-state index contributed by atoms with van der Waals surface area (Å²) in [4.78, 5) is 30.2. The van der Waals surface area contributed by atoms with Crippen molar-refractivity contribution in [3.8, 4) is 22.8 Å². The molecule has 2 aromatic heterocycles. The quantitative estimate of drug-likeness (QED) is 0.176. The molecule has 13 heteroatoms. The van der Waals surface area contributed by atoms with E-state index < -0.39 is 40.4 Å². The van der Waals surface area contributed by atoms with Crippen molar-refractivity contribution in [3.63, 3.8) is 0 Å². The standard InChI is InChI=1S/C34H34F3N5O5/c1-2-46-32-17(12-29(38)43)11-28(40-31(32)23-13-25(36)26(37)14-24(23)35)34(45,20-3-4-20)16-39-33(44)18-9-19-15-42(21-5-6-21)41-30(19)27(10-18)47-22-7-8-22/h9-11,13-15,20-22,45H,2-8,12,16H2,1H3,(H2,38,43)(H,39,44)/t34-/m1/s1. The number of benzene rings is 2. The molecule has 0 aliphatic heterocycles. The zero-order valence-electron chi connectivity index (χ0n) is 25.7. The number of rotatable bonds is 13. The lowest BCUT2D eigenvalue weighted by atomic mass is 9.90. The number of aliphatic hydroxyl groups is 1. The second-order valence-electron chi connectivity index (χ2n) is 12.6. The molecular weight excluding hydrogens is 615 g/mol. The molecule has 2 aromatic carbocycles. The summed E-state index contributed by atoms with van der Waals surface area (Å²) in [5.74, 6) is -4.91. The Morgan fingerprint density at radius 3 is 2.45 bits per heavy atom. The molecule has 3 aliphatic rings. The topological polar surface area (TPSA) is 142 Å². The third-order valence-electron chi connectivity index (χ3n) is 8.78. The molecule has 0 saturated heterocycles. The summed E-state index contributed by atoms with van der Waals surface area (Å²) < 4.78 is 57.1. The molecule has 0 unspecified atom stereocenters. The molecule has 1 atom stereocenters. The molecule has 3 aliphatic carbocycles. The number of fused-ring (bicyclic) bond motifs is 1. The molecule has 0 spiro atoms. The van der Waals surface area contributed by atoms with Crippen LogP contribution >= 0.6 is 0 Å². The predicted molar refractivity (Wildman–Crippen MR) is 164 cm³/mol. The fourth-order valence-electron chi connectivity index (χ4n) is 5.88. The van der Waals surface area contributed by atoms with Crippen molar-refractivity contribution < 1.29 is 37.3 Å². The summed E-state index contributed by atoms with van der Waals surface area (Å²) in [7, 11) is 0. The summed E-state index contributed by atoms with van der Waals surface area (Å²) in [5.41, 5.74) is 4.27. The van der Waals surface area contributed by atoms with Crippen LogP contribution in [0, 0.1) is 23.4 Å². The molecule has 0 radical (unpaired) electrons. The van der Waals surface area contributed by atoms with E-state index in [4.69, 9.17) is 20.3 Å². The van der Waals surface area contributed by atoms with Crippen LogP contribution in [0.25, 0.3) is 22.2 Å². The maximum absolute atomic E-state index is 15.1. The molecule has 47 heavy (non-hydrogen) atoms. The number of nitrogens with one attached hydrogen (secondary N) is 1. The minimum atomic E-state index is -1.77. The number of nitrogens with zero attached hydrogens (tertiary/aromatic N) is 3. The minimum Gasteiger partial charge on any atom is -0.491 e. The Kier molecular flexibility index (Phi) is 7.81. The van der Waals surface area contributed by atoms with Gasteiger partial charge in [0.15, 0.2) is 11.6 Å². The molecule has 4 aromatic rings. The molecule has 10 nitrogen and oxygen atoms in total. The summed E-state index contributed by atoms with van der Waals surface area (Å²) in [6.07, 6.45) is 6.78. The van der Waals surface area contributed by atoms with Crippen LogP contribution in [0.3, 0.4) is 0 Å². The first kappa shape index (κ1) is 31.0. The first-order valence-corrected chi connectivity index (χ1v) is 15.8. The Morgan fingerprint density at radius 1 is 1.04 bits per heavy atom. The van der Waals surface area contributed by atoms with Gasteiger partial charge in [0, 0.05) is 34.3 Å². The largest absolute Gasteiger partial charge is 0.491 e. The number of hydrogen-bond acceptors (Lipinski definition) is 7. The van der Waals surface area contributed by atoms with Crippen molar-refractivity contribution >= 4 is 22.7 Å². The summed E-state index contributed by atoms with van der Waals surface area (Å²) in [6.45, 7) is 1.44. The molecule has 2 amide bonds. The number of aromatic nitrogens is 3. The molecule has 246 valence electrons. The zero-order chi connectivity index (χ0) is 33.0. The van der Waals surface area contributed by atoms with E-state index >= 15 is 4.39 Å². The normalized spacial score (nSPS) is 17.4. The summed E-state index contributed by atoms with van der Waals surface area (Å²) in [5, 5.41) is 20.5. The SMILES string of the molecule is CCOc1c(CC(N)=O)cc([C@@](O)(CNC(=O)c2cc(OC3CC3)c3nn(C4CC4)cc3c2)C2CC2)nc1-c1cc(F)c(F)cc1F. The average Bonchev–Trinajstić information content (AvgIpc) is 3.87. The number of hydrogen-bond donors (Lipinski definition) is 3. The number of pyridine rings is 1. The van der Waals surface area contributed by atoms with E-state index in [1.807, 2.05) is 10.9 Å². The van der Waals surface area contributed by atoms with Gasteiger partial charge in [0.25, 0.3) is 5.91 Å². The second-order valence-corrected chi connectivity index (χ2v) is 12.6.